The minimum absolute atomic E-state index is 0.0737. The van der Waals surface area contributed by atoms with Crippen molar-refractivity contribution in [2.24, 2.45) is 0 Å². The van der Waals surface area contributed by atoms with Crippen molar-refractivity contribution in [3.8, 4) is 0 Å². The molecule has 1 aromatic carbocycles. The van der Waals surface area contributed by atoms with Gasteiger partial charge in [-0.15, -0.1) is 5.10 Å². The molecule has 19 heavy (non-hydrogen) atoms. The van der Waals surface area contributed by atoms with Crippen LogP contribution in [0, 0.1) is 12.7 Å². The molecule has 6 heteroatoms. The van der Waals surface area contributed by atoms with Crippen LogP contribution in [0.2, 0.25) is 0 Å². The van der Waals surface area contributed by atoms with E-state index in [1.807, 2.05) is 4.90 Å². The zero-order chi connectivity index (χ0) is 13.4. The Labute approximate surface area is 109 Å². The Hall–Kier alpha value is -1.95. The SMILES string of the molecule is Cc1nnc(N2CC(O)CC2c2ccc(F)cc2)o1. The zero-order valence-electron chi connectivity index (χ0n) is 10.5. The van der Waals surface area contributed by atoms with Gasteiger partial charge in [-0.1, -0.05) is 17.2 Å². The molecular weight excluding hydrogens is 249 g/mol. The molecule has 0 amide bonds. The van der Waals surface area contributed by atoms with Gasteiger partial charge < -0.3 is 14.4 Å². The molecule has 2 heterocycles. The standard InChI is InChI=1S/C13H14FN3O2/c1-8-15-16-13(19-8)17-7-11(18)6-12(17)9-2-4-10(14)5-3-9/h2-5,11-12,18H,6-7H2,1H3. The molecule has 3 rings (SSSR count). The average molecular weight is 263 g/mol. The van der Waals surface area contributed by atoms with Crippen LogP contribution in [0.4, 0.5) is 10.4 Å². The van der Waals surface area contributed by atoms with Gasteiger partial charge >= 0.3 is 6.01 Å². The van der Waals surface area contributed by atoms with Crippen molar-refractivity contribution < 1.29 is 13.9 Å². The number of nitrogens with zero attached hydrogens (tertiary/aromatic N) is 3. The number of halogens is 1. The number of hydrogen-bond donors (Lipinski definition) is 1. The lowest BCUT2D eigenvalue weighted by molar-refractivity contribution is 0.194. The van der Waals surface area contributed by atoms with Crippen molar-refractivity contribution >= 4 is 6.01 Å². The Kier molecular flexibility index (Phi) is 2.94. The average Bonchev–Trinajstić information content (AvgIpc) is 2.96. The number of benzene rings is 1. The highest BCUT2D eigenvalue weighted by Crippen LogP contribution is 2.35. The van der Waals surface area contributed by atoms with Crippen LogP contribution < -0.4 is 4.90 Å². The highest BCUT2D eigenvalue weighted by molar-refractivity contribution is 5.36. The van der Waals surface area contributed by atoms with Crippen molar-refractivity contribution in [3.05, 3.63) is 41.5 Å². The molecule has 2 atom stereocenters. The van der Waals surface area contributed by atoms with Gasteiger partial charge in [0.15, 0.2) is 0 Å². The fourth-order valence-electron chi connectivity index (χ4n) is 2.43. The first-order valence-corrected chi connectivity index (χ1v) is 6.14. The van der Waals surface area contributed by atoms with Gasteiger partial charge in [0.05, 0.1) is 12.1 Å². The summed E-state index contributed by atoms with van der Waals surface area (Å²) < 4.78 is 18.4. The molecule has 0 saturated carbocycles. The van der Waals surface area contributed by atoms with Gasteiger partial charge in [-0.25, -0.2) is 4.39 Å². The molecule has 2 unspecified atom stereocenters. The fraction of sp³-hybridized carbons (Fsp3) is 0.385. The molecule has 1 fully saturated rings. The van der Waals surface area contributed by atoms with E-state index in [-0.39, 0.29) is 11.9 Å². The van der Waals surface area contributed by atoms with Gasteiger partial charge in [-0.3, -0.25) is 0 Å². The summed E-state index contributed by atoms with van der Waals surface area (Å²) >= 11 is 0. The summed E-state index contributed by atoms with van der Waals surface area (Å²) in [5.41, 5.74) is 0.925. The second-order valence-corrected chi connectivity index (χ2v) is 4.71. The first-order valence-electron chi connectivity index (χ1n) is 6.14. The molecule has 0 spiro atoms. The third-order valence-electron chi connectivity index (χ3n) is 3.29. The first-order chi connectivity index (χ1) is 9.13. The van der Waals surface area contributed by atoms with E-state index in [1.165, 1.54) is 12.1 Å². The summed E-state index contributed by atoms with van der Waals surface area (Å²) in [6, 6.07) is 6.58. The van der Waals surface area contributed by atoms with E-state index >= 15 is 0 Å². The Morgan fingerprint density at radius 2 is 2.05 bits per heavy atom. The zero-order valence-corrected chi connectivity index (χ0v) is 10.5. The molecule has 2 aromatic rings. The van der Waals surface area contributed by atoms with E-state index in [0.717, 1.165) is 5.56 Å². The van der Waals surface area contributed by atoms with Gasteiger partial charge in [-0.05, 0) is 24.1 Å². The summed E-state index contributed by atoms with van der Waals surface area (Å²) in [4.78, 5) is 1.86. The van der Waals surface area contributed by atoms with Crippen LogP contribution in [0.25, 0.3) is 0 Å². The Morgan fingerprint density at radius 3 is 2.68 bits per heavy atom. The van der Waals surface area contributed by atoms with Gasteiger partial charge in [-0.2, -0.15) is 0 Å². The van der Waals surface area contributed by atoms with E-state index in [0.29, 0.717) is 24.9 Å². The van der Waals surface area contributed by atoms with E-state index in [9.17, 15) is 9.50 Å². The lowest BCUT2D eigenvalue weighted by Gasteiger charge is -2.22. The highest BCUT2D eigenvalue weighted by Gasteiger charge is 2.35. The van der Waals surface area contributed by atoms with Gasteiger partial charge in [0.25, 0.3) is 0 Å². The molecular formula is C13H14FN3O2. The van der Waals surface area contributed by atoms with E-state index < -0.39 is 6.10 Å². The van der Waals surface area contributed by atoms with Gasteiger partial charge in [0.2, 0.25) is 5.89 Å². The van der Waals surface area contributed by atoms with Crippen LogP contribution in [-0.2, 0) is 0 Å². The minimum atomic E-state index is -0.456. The lowest BCUT2D eigenvalue weighted by Crippen LogP contribution is -2.24. The number of aliphatic hydroxyl groups is 1. The maximum atomic E-state index is 13.0. The number of rotatable bonds is 2. The molecule has 5 nitrogen and oxygen atoms in total. The monoisotopic (exact) mass is 263 g/mol. The largest absolute Gasteiger partial charge is 0.408 e. The second-order valence-electron chi connectivity index (χ2n) is 4.71. The normalized spacial score (nSPS) is 23.0. The molecule has 1 saturated heterocycles. The third kappa shape index (κ3) is 2.31. The summed E-state index contributed by atoms with van der Waals surface area (Å²) in [7, 11) is 0. The Bertz CT molecular complexity index is 570. The summed E-state index contributed by atoms with van der Waals surface area (Å²) in [5.74, 6) is 0.205. The molecule has 1 aliphatic rings. The van der Waals surface area contributed by atoms with Crippen molar-refractivity contribution in [2.45, 2.75) is 25.5 Å². The van der Waals surface area contributed by atoms with Crippen molar-refractivity contribution in [3.63, 3.8) is 0 Å². The molecule has 1 N–H and O–H groups in total. The molecule has 100 valence electrons. The fourth-order valence-corrected chi connectivity index (χ4v) is 2.43. The Morgan fingerprint density at radius 1 is 1.32 bits per heavy atom. The molecule has 1 aromatic heterocycles. The topological polar surface area (TPSA) is 62.4 Å². The minimum Gasteiger partial charge on any atom is -0.408 e. The number of aliphatic hydroxyl groups excluding tert-OH is 1. The predicted molar refractivity (Wildman–Crippen MR) is 66.1 cm³/mol. The van der Waals surface area contributed by atoms with Gasteiger partial charge in [0.1, 0.15) is 5.82 Å². The maximum absolute atomic E-state index is 13.0. The van der Waals surface area contributed by atoms with Crippen LogP contribution in [0.3, 0.4) is 0 Å². The van der Waals surface area contributed by atoms with Crippen LogP contribution in [0.1, 0.15) is 23.9 Å². The van der Waals surface area contributed by atoms with Crippen molar-refractivity contribution in [1.29, 1.82) is 0 Å². The van der Waals surface area contributed by atoms with Crippen molar-refractivity contribution in [2.75, 3.05) is 11.4 Å². The van der Waals surface area contributed by atoms with E-state index in [2.05, 4.69) is 10.2 Å². The number of hydrogen-bond acceptors (Lipinski definition) is 5. The number of anilines is 1. The van der Waals surface area contributed by atoms with E-state index in [4.69, 9.17) is 4.42 Å². The number of β-amino-alcohol motifs (C(OH)–C–C–N with tert-alkyl or cyclic N) is 1. The van der Waals surface area contributed by atoms with Crippen LogP contribution in [-0.4, -0.2) is 28.0 Å². The van der Waals surface area contributed by atoms with Crippen LogP contribution in [0.15, 0.2) is 28.7 Å². The van der Waals surface area contributed by atoms with E-state index in [1.54, 1.807) is 19.1 Å². The third-order valence-corrected chi connectivity index (χ3v) is 3.29. The summed E-state index contributed by atoms with van der Waals surface area (Å²) in [5, 5.41) is 17.6. The number of aryl methyl sites for hydroxylation is 1. The van der Waals surface area contributed by atoms with Crippen LogP contribution in [0.5, 0.6) is 0 Å². The lowest BCUT2D eigenvalue weighted by atomic mass is 10.0. The van der Waals surface area contributed by atoms with Crippen molar-refractivity contribution in [1.82, 2.24) is 10.2 Å². The summed E-state index contributed by atoms with van der Waals surface area (Å²) in [6.07, 6.45) is 0.106. The molecule has 0 radical (unpaired) electrons. The van der Waals surface area contributed by atoms with Crippen LogP contribution >= 0.6 is 0 Å². The molecule has 0 bridgehead atoms. The Balaban J connectivity index is 1.92. The predicted octanol–water partition coefficient (Wildman–Crippen LogP) is 1.83. The van der Waals surface area contributed by atoms with Gasteiger partial charge in [0, 0.05) is 13.5 Å². The quantitative estimate of drug-likeness (QED) is 0.895. The number of aromatic nitrogens is 2. The maximum Gasteiger partial charge on any atom is 0.318 e. The summed E-state index contributed by atoms with van der Waals surface area (Å²) in [6.45, 7) is 2.15. The molecule has 0 aliphatic carbocycles. The highest BCUT2D eigenvalue weighted by atomic mass is 19.1. The first kappa shape index (κ1) is 12.1. The molecule has 1 aliphatic heterocycles. The second kappa shape index (κ2) is 4.62. The smallest absolute Gasteiger partial charge is 0.318 e.